The lowest BCUT2D eigenvalue weighted by atomic mass is 9.90. The Hall–Kier alpha value is -2.20. The first-order chi connectivity index (χ1) is 11.7. The minimum absolute atomic E-state index is 0.0400. The molecule has 0 radical (unpaired) electrons. The summed E-state index contributed by atoms with van der Waals surface area (Å²) in [4.78, 5) is 14.3. The average Bonchev–Trinajstić information content (AvgIpc) is 2.59. The number of para-hydroxylation sites is 1. The average molecular weight is 326 g/mol. The molecule has 0 aromatic heterocycles. The van der Waals surface area contributed by atoms with Gasteiger partial charge in [-0.05, 0) is 68.1 Å². The summed E-state index contributed by atoms with van der Waals surface area (Å²) in [6.45, 7) is 2.32. The maximum atomic E-state index is 12.9. The number of carbonyl (C=O) groups excluding carboxylic acids is 1. The number of benzene rings is 2. The molecule has 0 spiro atoms. The van der Waals surface area contributed by atoms with Crippen LogP contribution in [0.4, 0.5) is 10.1 Å². The van der Waals surface area contributed by atoms with Crippen LogP contribution < -0.4 is 5.32 Å². The van der Waals surface area contributed by atoms with E-state index in [9.17, 15) is 9.18 Å². The van der Waals surface area contributed by atoms with Crippen molar-refractivity contribution in [2.24, 2.45) is 5.92 Å². The van der Waals surface area contributed by atoms with Crippen LogP contribution in [0.5, 0.6) is 0 Å². The largest absolute Gasteiger partial charge is 0.325 e. The molecule has 0 unspecified atom stereocenters. The summed E-state index contributed by atoms with van der Waals surface area (Å²) in [5, 5.41) is 2.93. The highest BCUT2D eigenvalue weighted by Crippen LogP contribution is 2.21. The molecule has 0 aliphatic carbocycles. The van der Waals surface area contributed by atoms with Crippen molar-refractivity contribution >= 4 is 11.6 Å². The van der Waals surface area contributed by atoms with Crippen LogP contribution in [0, 0.1) is 11.7 Å². The Morgan fingerprint density at radius 3 is 2.38 bits per heavy atom. The van der Waals surface area contributed by atoms with Gasteiger partial charge in [-0.3, -0.25) is 9.69 Å². The molecule has 2 aromatic rings. The van der Waals surface area contributed by atoms with Crippen LogP contribution in [0.2, 0.25) is 0 Å². The number of nitrogens with zero attached hydrogens (tertiary/aromatic N) is 1. The van der Waals surface area contributed by atoms with E-state index < -0.39 is 0 Å². The van der Waals surface area contributed by atoms with Gasteiger partial charge in [-0.15, -0.1) is 0 Å². The third kappa shape index (κ3) is 4.90. The number of rotatable bonds is 5. The lowest BCUT2D eigenvalue weighted by molar-refractivity contribution is -0.117. The number of amides is 1. The predicted octanol–water partition coefficient (Wildman–Crippen LogP) is 3.72. The second-order valence-electron chi connectivity index (χ2n) is 6.46. The maximum absolute atomic E-state index is 12.9. The zero-order chi connectivity index (χ0) is 16.8. The zero-order valence-corrected chi connectivity index (χ0v) is 13.7. The molecule has 1 aliphatic heterocycles. The van der Waals surface area contributed by atoms with Crippen molar-refractivity contribution in [1.82, 2.24) is 4.90 Å². The molecule has 1 saturated heterocycles. The Kier molecular flexibility index (Phi) is 5.59. The molecule has 3 nitrogen and oxygen atoms in total. The highest BCUT2D eigenvalue weighted by Gasteiger charge is 2.21. The van der Waals surface area contributed by atoms with Crippen LogP contribution >= 0.6 is 0 Å². The van der Waals surface area contributed by atoms with E-state index in [0.29, 0.717) is 12.5 Å². The molecule has 1 aliphatic rings. The number of hydrogen-bond acceptors (Lipinski definition) is 2. The first kappa shape index (κ1) is 16.7. The van der Waals surface area contributed by atoms with Crippen LogP contribution in [0.1, 0.15) is 18.4 Å². The standard InChI is InChI=1S/C20H23FN2O/c21-18-8-6-16(7-9-18)14-17-10-12-23(13-11-17)15-20(24)22-19-4-2-1-3-5-19/h1-9,17H,10-15H2,(H,22,24). The Balaban J connectivity index is 1.41. The molecule has 3 rings (SSSR count). The van der Waals surface area contributed by atoms with E-state index in [-0.39, 0.29) is 11.7 Å². The molecule has 1 fully saturated rings. The van der Waals surface area contributed by atoms with Crippen molar-refractivity contribution in [2.75, 3.05) is 25.0 Å². The van der Waals surface area contributed by atoms with Crippen LogP contribution in [-0.2, 0) is 11.2 Å². The molecule has 126 valence electrons. The fourth-order valence-electron chi connectivity index (χ4n) is 3.23. The molecule has 2 aromatic carbocycles. The minimum Gasteiger partial charge on any atom is -0.325 e. The van der Waals surface area contributed by atoms with Crippen LogP contribution in [-0.4, -0.2) is 30.4 Å². The van der Waals surface area contributed by atoms with Gasteiger partial charge in [-0.25, -0.2) is 4.39 Å². The van der Waals surface area contributed by atoms with Crippen molar-refractivity contribution in [3.8, 4) is 0 Å². The SMILES string of the molecule is O=C(CN1CCC(Cc2ccc(F)cc2)CC1)Nc1ccccc1. The summed E-state index contributed by atoms with van der Waals surface area (Å²) in [7, 11) is 0. The number of halogens is 1. The number of hydrogen-bond donors (Lipinski definition) is 1. The van der Waals surface area contributed by atoms with Crippen molar-refractivity contribution in [3.63, 3.8) is 0 Å². The second kappa shape index (κ2) is 8.06. The van der Waals surface area contributed by atoms with Crippen molar-refractivity contribution < 1.29 is 9.18 Å². The molecule has 1 heterocycles. The molecule has 0 bridgehead atoms. The Morgan fingerprint density at radius 1 is 1.04 bits per heavy atom. The fraction of sp³-hybridized carbons (Fsp3) is 0.350. The monoisotopic (exact) mass is 326 g/mol. The van der Waals surface area contributed by atoms with Gasteiger partial charge in [0.1, 0.15) is 5.82 Å². The molecule has 24 heavy (non-hydrogen) atoms. The van der Waals surface area contributed by atoms with E-state index in [0.717, 1.165) is 38.0 Å². The Morgan fingerprint density at radius 2 is 1.71 bits per heavy atom. The van der Waals surface area contributed by atoms with Gasteiger partial charge in [0.25, 0.3) is 0 Å². The highest BCUT2D eigenvalue weighted by molar-refractivity contribution is 5.92. The third-order valence-corrected chi connectivity index (χ3v) is 4.57. The minimum atomic E-state index is -0.182. The lowest BCUT2D eigenvalue weighted by Crippen LogP contribution is -2.39. The molecule has 1 amide bonds. The summed E-state index contributed by atoms with van der Waals surface area (Å²) in [6.07, 6.45) is 3.15. The molecule has 1 N–H and O–H groups in total. The smallest absolute Gasteiger partial charge is 0.238 e. The number of nitrogens with one attached hydrogen (secondary N) is 1. The predicted molar refractivity (Wildman–Crippen MR) is 94.3 cm³/mol. The summed E-state index contributed by atoms with van der Waals surface area (Å²) in [6, 6.07) is 16.3. The van der Waals surface area contributed by atoms with Gasteiger partial charge < -0.3 is 5.32 Å². The first-order valence-corrected chi connectivity index (χ1v) is 8.51. The fourth-order valence-corrected chi connectivity index (χ4v) is 3.23. The van der Waals surface area contributed by atoms with E-state index in [2.05, 4.69) is 10.2 Å². The van der Waals surface area contributed by atoms with E-state index in [4.69, 9.17) is 0 Å². The Labute approximate surface area is 142 Å². The molecule has 0 saturated carbocycles. The van der Waals surface area contributed by atoms with E-state index >= 15 is 0 Å². The quantitative estimate of drug-likeness (QED) is 0.908. The summed E-state index contributed by atoms with van der Waals surface area (Å²) < 4.78 is 12.9. The van der Waals surface area contributed by atoms with Gasteiger partial charge in [-0.1, -0.05) is 30.3 Å². The van der Waals surface area contributed by atoms with E-state index in [1.165, 1.54) is 17.7 Å². The molecular weight excluding hydrogens is 303 g/mol. The number of carbonyl (C=O) groups is 1. The van der Waals surface area contributed by atoms with Gasteiger partial charge in [0.05, 0.1) is 6.54 Å². The van der Waals surface area contributed by atoms with E-state index in [1.807, 2.05) is 42.5 Å². The summed E-state index contributed by atoms with van der Waals surface area (Å²) in [5.41, 5.74) is 2.03. The zero-order valence-electron chi connectivity index (χ0n) is 13.7. The van der Waals surface area contributed by atoms with Gasteiger partial charge >= 0.3 is 0 Å². The molecule has 0 atom stereocenters. The van der Waals surface area contributed by atoms with Crippen LogP contribution in [0.15, 0.2) is 54.6 Å². The summed E-state index contributed by atoms with van der Waals surface area (Å²) in [5.74, 6) is 0.472. The first-order valence-electron chi connectivity index (χ1n) is 8.51. The summed E-state index contributed by atoms with van der Waals surface area (Å²) >= 11 is 0. The lowest BCUT2D eigenvalue weighted by Gasteiger charge is -2.31. The van der Waals surface area contributed by atoms with E-state index in [1.54, 1.807) is 0 Å². The molecule has 4 heteroatoms. The van der Waals surface area contributed by atoms with Gasteiger partial charge in [0, 0.05) is 5.69 Å². The van der Waals surface area contributed by atoms with Crippen molar-refractivity contribution in [2.45, 2.75) is 19.3 Å². The van der Waals surface area contributed by atoms with Crippen LogP contribution in [0.25, 0.3) is 0 Å². The van der Waals surface area contributed by atoms with Gasteiger partial charge in [-0.2, -0.15) is 0 Å². The number of likely N-dealkylation sites (tertiary alicyclic amines) is 1. The van der Waals surface area contributed by atoms with Crippen LogP contribution in [0.3, 0.4) is 0 Å². The number of piperidine rings is 1. The molecular formula is C20H23FN2O. The van der Waals surface area contributed by atoms with Gasteiger partial charge in [0.15, 0.2) is 0 Å². The van der Waals surface area contributed by atoms with Crippen molar-refractivity contribution in [3.05, 3.63) is 66.0 Å². The topological polar surface area (TPSA) is 32.3 Å². The van der Waals surface area contributed by atoms with Crippen molar-refractivity contribution in [1.29, 1.82) is 0 Å². The second-order valence-corrected chi connectivity index (χ2v) is 6.46. The highest BCUT2D eigenvalue weighted by atomic mass is 19.1. The normalized spacial score (nSPS) is 16.0. The Bertz CT molecular complexity index is 649. The third-order valence-electron chi connectivity index (χ3n) is 4.57. The number of anilines is 1. The van der Waals surface area contributed by atoms with Gasteiger partial charge in [0.2, 0.25) is 5.91 Å². The maximum Gasteiger partial charge on any atom is 0.238 e.